The van der Waals surface area contributed by atoms with Crippen molar-refractivity contribution in [2.75, 3.05) is 18.4 Å². The summed E-state index contributed by atoms with van der Waals surface area (Å²) in [5, 5.41) is 15.0. The Morgan fingerprint density at radius 1 is 1.24 bits per heavy atom. The van der Waals surface area contributed by atoms with Crippen molar-refractivity contribution in [3.63, 3.8) is 0 Å². The van der Waals surface area contributed by atoms with Crippen molar-refractivity contribution in [2.24, 2.45) is 5.92 Å². The molecule has 1 atom stereocenters. The Bertz CT molecular complexity index is 739. The van der Waals surface area contributed by atoms with E-state index in [1.54, 1.807) is 0 Å². The van der Waals surface area contributed by atoms with Gasteiger partial charge in [0.15, 0.2) is 5.82 Å². The van der Waals surface area contributed by atoms with Gasteiger partial charge in [0.05, 0.1) is 5.92 Å². The molecule has 1 amide bonds. The third-order valence-corrected chi connectivity index (χ3v) is 4.93. The number of amides is 1. The second-order valence-corrected chi connectivity index (χ2v) is 6.66. The second-order valence-electron chi connectivity index (χ2n) is 6.66. The summed E-state index contributed by atoms with van der Waals surface area (Å²) in [5.74, 6) is 2.15. The largest absolute Gasteiger partial charge is 0.326 e. The Morgan fingerprint density at radius 3 is 3.00 bits per heavy atom. The van der Waals surface area contributed by atoms with Gasteiger partial charge < -0.3 is 15.2 Å². The summed E-state index contributed by atoms with van der Waals surface area (Å²) in [7, 11) is 0. The van der Waals surface area contributed by atoms with Crippen LogP contribution in [0.5, 0.6) is 0 Å². The van der Waals surface area contributed by atoms with Crippen molar-refractivity contribution in [3.8, 4) is 11.4 Å². The highest BCUT2D eigenvalue weighted by molar-refractivity contribution is 5.93. The van der Waals surface area contributed by atoms with Crippen molar-refractivity contribution in [1.82, 2.24) is 20.1 Å². The number of hydrogen-bond donors (Lipinski definition) is 2. The summed E-state index contributed by atoms with van der Waals surface area (Å²) in [6.07, 6.45) is 5.50. The van der Waals surface area contributed by atoms with E-state index >= 15 is 0 Å². The molecule has 0 bridgehead atoms. The average molecular weight is 362 g/mol. The van der Waals surface area contributed by atoms with Crippen molar-refractivity contribution in [3.05, 3.63) is 30.1 Å². The van der Waals surface area contributed by atoms with E-state index in [1.165, 1.54) is 19.3 Å². The fraction of sp³-hybridized carbons (Fsp3) is 0.500. The van der Waals surface area contributed by atoms with E-state index in [0.29, 0.717) is 0 Å². The normalized spacial score (nSPS) is 19.6. The highest BCUT2D eigenvalue weighted by Gasteiger charge is 2.22. The van der Waals surface area contributed by atoms with Crippen molar-refractivity contribution in [2.45, 2.75) is 38.6 Å². The highest BCUT2D eigenvalue weighted by atomic mass is 35.5. The summed E-state index contributed by atoms with van der Waals surface area (Å²) >= 11 is 0. The number of carbonyl (C=O) groups is 1. The molecular formula is C18H24ClN5O. The number of nitrogens with one attached hydrogen (secondary N) is 2. The first kappa shape index (κ1) is 17.9. The third kappa shape index (κ3) is 3.85. The molecule has 1 aromatic heterocycles. The van der Waals surface area contributed by atoms with Gasteiger partial charge in [0.25, 0.3) is 0 Å². The van der Waals surface area contributed by atoms with Crippen molar-refractivity contribution in [1.29, 1.82) is 0 Å². The molecule has 7 heteroatoms. The van der Waals surface area contributed by atoms with Gasteiger partial charge in [0, 0.05) is 30.8 Å². The molecule has 1 saturated heterocycles. The molecule has 0 radical (unpaired) electrons. The van der Waals surface area contributed by atoms with Crippen LogP contribution in [-0.4, -0.2) is 33.8 Å². The van der Waals surface area contributed by atoms with Gasteiger partial charge in [-0.3, -0.25) is 4.79 Å². The molecule has 0 saturated carbocycles. The maximum atomic E-state index is 12.3. The average Bonchev–Trinajstić information content (AvgIpc) is 3.21. The summed E-state index contributed by atoms with van der Waals surface area (Å²) in [6, 6.07) is 7.94. The summed E-state index contributed by atoms with van der Waals surface area (Å²) < 4.78 is 2.23. The second kappa shape index (κ2) is 7.97. The predicted octanol–water partition coefficient (Wildman–Crippen LogP) is 2.64. The third-order valence-electron chi connectivity index (χ3n) is 4.93. The van der Waals surface area contributed by atoms with E-state index in [2.05, 4.69) is 25.4 Å². The van der Waals surface area contributed by atoms with Crippen molar-refractivity contribution >= 4 is 24.0 Å². The highest BCUT2D eigenvalue weighted by Crippen LogP contribution is 2.25. The molecule has 3 heterocycles. The molecular weight excluding hydrogens is 338 g/mol. The number of carbonyl (C=O) groups excluding carboxylic acids is 1. The van der Waals surface area contributed by atoms with Gasteiger partial charge in [-0.05, 0) is 37.9 Å². The van der Waals surface area contributed by atoms with Gasteiger partial charge in [-0.2, -0.15) is 0 Å². The smallest absolute Gasteiger partial charge is 0.228 e. The predicted molar refractivity (Wildman–Crippen MR) is 99.9 cm³/mol. The number of halogens is 1. The Hall–Kier alpha value is -1.92. The van der Waals surface area contributed by atoms with Gasteiger partial charge >= 0.3 is 0 Å². The fourth-order valence-corrected chi connectivity index (χ4v) is 3.56. The minimum atomic E-state index is 0. The van der Waals surface area contributed by atoms with Crippen LogP contribution in [0.15, 0.2) is 24.3 Å². The Kier molecular flexibility index (Phi) is 5.71. The number of aromatic nitrogens is 3. The molecule has 134 valence electrons. The maximum absolute atomic E-state index is 12.3. The quantitative estimate of drug-likeness (QED) is 0.881. The van der Waals surface area contributed by atoms with E-state index < -0.39 is 0 Å². The minimum absolute atomic E-state index is 0. The first-order valence-electron chi connectivity index (χ1n) is 8.85. The molecule has 0 spiro atoms. The lowest BCUT2D eigenvalue weighted by atomic mass is 10.1. The molecule has 6 nitrogen and oxygen atoms in total. The van der Waals surface area contributed by atoms with Crippen LogP contribution >= 0.6 is 12.4 Å². The molecule has 1 fully saturated rings. The van der Waals surface area contributed by atoms with Crippen LogP contribution in [0, 0.1) is 5.92 Å². The van der Waals surface area contributed by atoms with E-state index in [1.807, 2.05) is 24.3 Å². The molecule has 0 aliphatic carbocycles. The monoisotopic (exact) mass is 361 g/mol. The first-order chi connectivity index (χ1) is 11.8. The molecule has 4 rings (SSSR count). The maximum Gasteiger partial charge on any atom is 0.228 e. The summed E-state index contributed by atoms with van der Waals surface area (Å²) in [6.45, 7) is 2.66. The zero-order valence-corrected chi connectivity index (χ0v) is 15.0. The molecule has 2 aliphatic rings. The Morgan fingerprint density at radius 2 is 2.16 bits per heavy atom. The molecule has 2 N–H and O–H groups in total. The molecule has 1 aromatic carbocycles. The van der Waals surface area contributed by atoms with Gasteiger partial charge in [-0.25, -0.2) is 0 Å². The van der Waals surface area contributed by atoms with Crippen LogP contribution in [-0.2, 0) is 17.8 Å². The lowest BCUT2D eigenvalue weighted by Gasteiger charge is -2.11. The zero-order valence-electron chi connectivity index (χ0n) is 14.2. The van der Waals surface area contributed by atoms with Crippen LogP contribution in [0.3, 0.4) is 0 Å². The SMILES string of the molecule is Cl.O=C(Nc1cccc(-c2nnc3n2CCCCC3)c1)C1CCNC1. The zero-order chi connectivity index (χ0) is 16.4. The van der Waals surface area contributed by atoms with Gasteiger partial charge in [0.1, 0.15) is 5.82 Å². The molecule has 1 unspecified atom stereocenters. The van der Waals surface area contributed by atoms with Crippen LogP contribution < -0.4 is 10.6 Å². The molecule has 25 heavy (non-hydrogen) atoms. The lowest BCUT2D eigenvalue weighted by molar-refractivity contribution is -0.119. The van der Waals surface area contributed by atoms with Gasteiger partial charge in [-0.15, -0.1) is 22.6 Å². The number of aryl methyl sites for hydroxylation is 1. The van der Waals surface area contributed by atoms with Crippen LogP contribution in [0.25, 0.3) is 11.4 Å². The standard InChI is InChI=1S/C18H23N5O.ClH/c24-18(14-8-9-19-12-14)20-15-6-4-5-13(11-15)17-22-21-16-7-2-1-3-10-23(16)17;/h4-6,11,14,19H,1-3,7-10,12H2,(H,20,24);1H. The topological polar surface area (TPSA) is 71.8 Å². The molecule has 2 aromatic rings. The lowest BCUT2D eigenvalue weighted by Crippen LogP contribution is -2.24. The summed E-state index contributed by atoms with van der Waals surface area (Å²) in [5.41, 5.74) is 1.84. The number of hydrogen-bond acceptors (Lipinski definition) is 4. The fourth-order valence-electron chi connectivity index (χ4n) is 3.56. The Balaban J connectivity index is 0.00000182. The number of nitrogens with zero attached hydrogens (tertiary/aromatic N) is 3. The van der Waals surface area contributed by atoms with Gasteiger partial charge in [-0.1, -0.05) is 18.6 Å². The van der Waals surface area contributed by atoms with E-state index in [4.69, 9.17) is 0 Å². The first-order valence-corrected chi connectivity index (χ1v) is 8.85. The van der Waals surface area contributed by atoms with Crippen LogP contribution in [0.4, 0.5) is 5.69 Å². The number of benzene rings is 1. The number of anilines is 1. The number of fused-ring (bicyclic) bond motifs is 1. The van der Waals surface area contributed by atoms with Gasteiger partial charge in [0.2, 0.25) is 5.91 Å². The Labute approximate surface area is 153 Å². The van der Waals surface area contributed by atoms with Crippen molar-refractivity contribution < 1.29 is 4.79 Å². The van der Waals surface area contributed by atoms with E-state index in [0.717, 1.165) is 55.4 Å². The van der Waals surface area contributed by atoms with E-state index in [-0.39, 0.29) is 24.2 Å². The van der Waals surface area contributed by atoms with Crippen LogP contribution in [0.2, 0.25) is 0 Å². The minimum Gasteiger partial charge on any atom is -0.326 e. The number of rotatable bonds is 3. The van der Waals surface area contributed by atoms with Crippen LogP contribution in [0.1, 0.15) is 31.5 Å². The molecule has 2 aliphatic heterocycles. The summed E-state index contributed by atoms with van der Waals surface area (Å²) in [4.78, 5) is 12.3. The van der Waals surface area contributed by atoms with E-state index in [9.17, 15) is 4.79 Å².